The minimum absolute atomic E-state index is 0.0564. The topological polar surface area (TPSA) is 78.4 Å². The van der Waals surface area contributed by atoms with Crippen LogP contribution in [0.1, 0.15) is 23.2 Å². The van der Waals surface area contributed by atoms with Gasteiger partial charge in [-0.25, -0.2) is 14.0 Å². The molecule has 0 radical (unpaired) electrons. The third-order valence-electron chi connectivity index (χ3n) is 2.54. The van der Waals surface area contributed by atoms with Gasteiger partial charge in [-0.05, 0) is 37.0 Å². The standard InChI is InChI=1S/C13H17FN2O3S/c1-20-8-3-2-7-15-13(19)16-10-6-4-5-9(14)11(10)12(17)18/h4-6H,2-3,7-8H2,1H3,(H,17,18)(H2,15,16,19). The van der Waals surface area contributed by atoms with Crippen LogP contribution in [0.5, 0.6) is 0 Å². The van der Waals surface area contributed by atoms with Crippen LogP contribution in [0.25, 0.3) is 0 Å². The fourth-order valence-corrected chi connectivity index (χ4v) is 2.08. The van der Waals surface area contributed by atoms with E-state index >= 15 is 0 Å². The zero-order valence-electron chi connectivity index (χ0n) is 11.1. The Kier molecular flexibility index (Phi) is 6.86. The minimum atomic E-state index is -1.42. The van der Waals surface area contributed by atoms with Crippen molar-refractivity contribution in [3.8, 4) is 0 Å². The first-order chi connectivity index (χ1) is 9.56. The maximum Gasteiger partial charge on any atom is 0.340 e. The summed E-state index contributed by atoms with van der Waals surface area (Å²) in [4.78, 5) is 22.5. The molecule has 2 amide bonds. The van der Waals surface area contributed by atoms with Gasteiger partial charge in [-0.2, -0.15) is 11.8 Å². The molecule has 1 aromatic carbocycles. The molecule has 0 aromatic heterocycles. The molecule has 20 heavy (non-hydrogen) atoms. The monoisotopic (exact) mass is 300 g/mol. The second-order valence-corrected chi connectivity index (χ2v) is 5.03. The SMILES string of the molecule is CSCCCCNC(=O)Nc1cccc(F)c1C(=O)O. The lowest BCUT2D eigenvalue weighted by molar-refractivity contribution is 0.0693. The van der Waals surface area contributed by atoms with Crippen LogP contribution in [0, 0.1) is 5.82 Å². The number of thioether (sulfide) groups is 1. The fraction of sp³-hybridized carbons (Fsp3) is 0.385. The lowest BCUT2D eigenvalue weighted by Crippen LogP contribution is -2.30. The summed E-state index contributed by atoms with van der Waals surface area (Å²) in [6.45, 7) is 0.490. The van der Waals surface area contributed by atoms with Crippen molar-refractivity contribution in [3.63, 3.8) is 0 Å². The van der Waals surface area contributed by atoms with Crippen LogP contribution >= 0.6 is 11.8 Å². The maximum atomic E-state index is 13.4. The molecule has 0 aliphatic heterocycles. The number of hydrogen-bond acceptors (Lipinski definition) is 3. The van der Waals surface area contributed by atoms with Crippen LogP contribution in [0.2, 0.25) is 0 Å². The molecule has 0 atom stereocenters. The van der Waals surface area contributed by atoms with Crippen LogP contribution in [0.3, 0.4) is 0 Å². The highest BCUT2D eigenvalue weighted by molar-refractivity contribution is 7.98. The van der Waals surface area contributed by atoms with Crippen molar-refractivity contribution in [2.75, 3.05) is 23.9 Å². The van der Waals surface area contributed by atoms with Gasteiger partial charge in [-0.3, -0.25) is 0 Å². The molecule has 7 heteroatoms. The van der Waals surface area contributed by atoms with Gasteiger partial charge < -0.3 is 15.7 Å². The average molecular weight is 300 g/mol. The van der Waals surface area contributed by atoms with Crippen molar-refractivity contribution in [2.45, 2.75) is 12.8 Å². The number of nitrogens with one attached hydrogen (secondary N) is 2. The predicted molar refractivity (Wildman–Crippen MR) is 78.0 cm³/mol. The second kappa shape index (κ2) is 8.42. The van der Waals surface area contributed by atoms with E-state index in [0.717, 1.165) is 24.7 Å². The van der Waals surface area contributed by atoms with E-state index in [1.54, 1.807) is 11.8 Å². The van der Waals surface area contributed by atoms with Crippen LogP contribution in [0.15, 0.2) is 18.2 Å². The van der Waals surface area contributed by atoms with Crippen molar-refractivity contribution in [1.29, 1.82) is 0 Å². The molecule has 1 rings (SSSR count). The van der Waals surface area contributed by atoms with Gasteiger partial charge in [0.25, 0.3) is 0 Å². The number of aromatic carboxylic acids is 1. The van der Waals surface area contributed by atoms with Gasteiger partial charge in [-0.1, -0.05) is 6.07 Å². The zero-order valence-corrected chi connectivity index (χ0v) is 11.9. The van der Waals surface area contributed by atoms with Crippen molar-refractivity contribution in [1.82, 2.24) is 5.32 Å². The molecule has 110 valence electrons. The van der Waals surface area contributed by atoms with Crippen molar-refractivity contribution >= 4 is 29.4 Å². The van der Waals surface area contributed by atoms with Crippen LogP contribution in [0.4, 0.5) is 14.9 Å². The van der Waals surface area contributed by atoms with E-state index in [1.165, 1.54) is 12.1 Å². The number of carbonyl (C=O) groups excluding carboxylic acids is 1. The largest absolute Gasteiger partial charge is 0.478 e. The summed E-state index contributed by atoms with van der Waals surface area (Å²) in [6.07, 6.45) is 3.84. The Morgan fingerprint density at radius 1 is 1.35 bits per heavy atom. The third-order valence-corrected chi connectivity index (χ3v) is 3.23. The molecule has 3 N–H and O–H groups in total. The summed E-state index contributed by atoms with van der Waals surface area (Å²) in [5.41, 5.74) is -0.593. The van der Waals surface area contributed by atoms with Gasteiger partial charge in [-0.15, -0.1) is 0 Å². The predicted octanol–water partition coefficient (Wildman–Crippen LogP) is 2.79. The van der Waals surface area contributed by atoms with Gasteiger partial charge >= 0.3 is 12.0 Å². The number of carboxylic acids is 1. The molecular formula is C13H17FN2O3S. The van der Waals surface area contributed by atoms with Gasteiger partial charge in [0, 0.05) is 6.54 Å². The van der Waals surface area contributed by atoms with E-state index in [0.29, 0.717) is 6.54 Å². The Hall–Kier alpha value is -1.76. The highest BCUT2D eigenvalue weighted by Gasteiger charge is 2.16. The molecule has 0 saturated heterocycles. The van der Waals surface area contributed by atoms with Crippen molar-refractivity contribution in [2.24, 2.45) is 0 Å². The molecule has 0 fully saturated rings. The first-order valence-corrected chi connectivity index (χ1v) is 7.51. The molecular weight excluding hydrogens is 283 g/mol. The van der Waals surface area contributed by atoms with Gasteiger partial charge in [0.2, 0.25) is 0 Å². The summed E-state index contributed by atoms with van der Waals surface area (Å²) < 4.78 is 13.4. The number of carbonyl (C=O) groups is 2. The van der Waals surface area contributed by atoms with E-state index in [1.807, 2.05) is 6.26 Å². The molecule has 1 aromatic rings. The van der Waals surface area contributed by atoms with E-state index in [2.05, 4.69) is 10.6 Å². The number of anilines is 1. The first-order valence-electron chi connectivity index (χ1n) is 6.12. The Morgan fingerprint density at radius 3 is 2.75 bits per heavy atom. The van der Waals surface area contributed by atoms with E-state index < -0.39 is 23.4 Å². The normalized spacial score (nSPS) is 10.1. The summed E-state index contributed by atoms with van der Waals surface area (Å²) in [5.74, 6) is -1.27. The third kappa shape index (κ3) is 5.08. The summed E-state index contributed by atoms with van der Waals surface area (Å²) >= 11 is 1.73. The number of hydrogen-bond donors (Lipinski definition) is 3. The number of urea groups is 1. The lowest BCUT2D eigenvalue weighted by Gasteiger charge is -2.10. The molecule has 0 aliphatic carbocycles. The molecule has 0 saturated carbocycles. The second-order valence-electron chi connectivity index (χ2n) is 4.05. The zero-order chi connectivity index (χ0) is 15.0. The smallest absolute Gasteiger partial charge is 0.340 e. The van der Waals surface area contributed by atoms with Gasteiger partial charge in [0.05, 0.1) is 5.69 Å². The Morgan fingerprint density at radius 2 is 2.10 bits per heavy atom. The number of amides is 2. The Bertz CT molecular complexity index is 483. The van der Waals surface area contributed by atoms with Gasteiger partial charge in [0.1, 0.15) is 11.4 Å². The van der Waals surface area contributed by atoms with Crippen molar-refractivity contribution < 1.29 is 19.1 Å². The van der Waals surface area contributed by atoms with Gasteiger partial charge in [0.15, 0.2) is 0 Å². The van der Waals surface area contributed by atoms with Crippen LogP contribution < -0.4 is 10.6 Å². The number of rotatable bonds is 7. The highest BCUT2D eigenvalue weighted by atomic mass is 32.2. The lowest BCUT2D eigenvalue weighted by atomic mass is 10.1. The minimum Gasteiger partial charge on any atom is -0.478 e. The molecule has 0 heterocycles. The summed E-state index contributed by atoms with van der Waals surface area (Å²) in [6, 6.07) is 3.19. The van der Waals surface area contributed by atoms with E-state index in [-0.39, 0.29) is 5.69 Å². The average Bonchev–Trinajstić information content (AvgIpc) is 2.38. The number of carboxylic acid groups (broad SMARTS) is 1. The quantitative estimate of drug-likeness (QED) is 0.677. The first kappa shape index (κ1) is 16.3. The number of unbranched alkanes of at least 4 members (excludes halogenated alkanes) is 1. The fourth-order valence-electron chi connectivity index (χ4n) is 1.59. The van der Waals surface area contributed by atoms with E-state index in [4.69, 9.17) is 5.11 Å². The molecule has 0 aliphatic rings. The van der Waals surface area contributed by atoms with Crippen LogP contribution in [-0.2, 0) is 0 Å². The molecule has 0 bridgehead atoms. The summed E-state index contributed by atoms with van der Waals surface area (Å²) in [5, 5.41) is 13.9. The molecule has 0 spiro atoms. The molecule has 5 nitrogen and oxygen atoms in total. The summed E-state index contributed by atoms with van der Waals surface area (Å²) in [7, 11) is 0. The Labute approximate surface area is 120 Å². The van der Waals surface area contributed by atoms with Crippen LogP contribution in [-0.4, -0.2) is 35.7 Å². The highest BCUT2D eigenvalue weighted by Crippen LogP contribution is 2.18. The molecule has 0 unspecified atom stereocenters. The Balaban J connectivity index is 2.54. The van der Waals surface area contributed by atoms with E-state index in [9.17, 15) is 14.0 Å². The number of benzene rings is 1. The maximum absolute atomic E-state index is 13.4. The van der Waals surface area contributed by atoms with Crippen molar-refractivity contribution in [3.05, 3.63) is 29.6 Å². The number of halogens is 1.